The molecule has 0 heterocycles. The Bertz CT molecular complexity index is 729. The van der Waals surface area contributed by atoms with Gasteiger partial charge < -0.3 is 9.47 Å². The number of benzene rings is 2. The average Bonchev–Trinajstić information content (AvgIpc) is 2.71. The summed E-state index contributed by atoms with van der Waals surface area (Å²) in [5.74, 6) is -2.45. The lowest BCUT2D eigenvalue weighted by Gasteiger charge is -2.04. The molecule has 146 valence electrons. The lowest BCUT2D eigenvalue weighted by atomic mass is 10.1. The summed E-state index contributed by atoms with van der Waals surface area (Å²) in [6.07, 6.45) is 2.78. The summed E-state index contributed by atoms with van der Waals surface area (Å²) in [5, 5.41) is 0. The van der Waals surface area contributed by atoms with Crippen molar-refractivity contribution in [2.24, 2.45) is 0 Å². The average molecular weight is 382 g/mol. The van der Waals surface area contributed by atoms with Gasteiger partial charge in [0.25, 0.3) is 0 Å². The molecule has 0 fully saturated rings. The van der Waals surface area contributed by atoms with Crippen molar-refractivity contribution >= 4 is 23.9 Å². The zero-order chi connectivity index (χ0) is 20.2. The molecule has 0 aliphatic heterocycles. The smallest absolute Gasteiger partial charge is 0.345 e. The Morgan fingerprint density at radius 1 is 0.536 bits per heavy atom. The molecule has 0 atom stereocenters. The number of ether oxygens (including phenoxy) is 2. The van der Waals surface area contributed by atoms with E-state index >= 15 is 0 Å². The molecule has 2 aromatic rings. The van der Waals surface area contributed by atoms with E-state index in [0.29, 0.717) is 36.8 Å². The van der Waals surface area contributed by atoms with Gasteiger partial charge in [-0.2, -0.15) is 0 Å². The Morgan fingerprint density at radius 2 is 0.893 bits per heavy atom. The first-order valence-corrected chi connectivity index (χ1v) is 9.16. The minimum atomic E-state index is -0.656. The number of esters is 4. The minimum absolute atomic E-state index is 0.134. The molecule has 0 saturated carbocycles. The predicted octanol–water partition coefficient (Wildman–Crippen LogP) is 4.09. The minimum Gasteiger partial charge on any atom is -0.389 e. The van der Waals surface area contributed by atoms with Crippen molar-refractivity contribution in [2.45, 2.75) is 38.5 Å². The lowest BCUT2D eigenvalue weighted by molar-refractivity contribution is -0.139. The summed E-state index contributed by atoms with van der Waals surface area (Å²) >= 11 is 0. The van der Waals surface area contributed by atoms with Gasteiger partial charge in [-0.05, 0) is 37.1 Å². The third-order valence-corrected chi connectivity index (χ3v) is 3.94. The highest BCUT2D eigenvalue weighted by atomic mass is 16.6. The monoisotopic (exact) mass is 382 g/mol. The summed E-state index contributed by atoms with van der Waals surface area (Å²) in [5.41, 5.74) is 0.666. The zero-order valence-electron chi connectivity index (χ0n) is 15.5. The Labute approximate surface area is 163 Å². The van der Waals surface area contributed by atoms with E-state index in [1.54, 1.807) is 60.7 Å². The van der Waals surface area contributed by atoms with Crippen LogP contribution < -0.4 is 0 Å². The number of hydrogen-bond donors (Lipinski definition) is 0. The van der Waals surface area contributed by atoms with Gasteiger partial charge in [-0.15, -0.1) is 0 Å². The quantitative estimate of drug-likeness (QED) is 0.369. The molecule has 0 saturated heterocycles. The van der Waals surface area contributed by atoms with Crippen LogP contribution in [-0.2, 0) is 19.1 Å². The molecule has 0 aliphatic rings. The fraction of sp³-hybridized carbons (Fsp3) is 0.273. The van der Waals surface area contributed by atoms with E-state index in [1.165, 1.54) is 0 Å². The summed E-state index contributed by atoms with van der Waals surface area (Å²) in [6, 6.07) is 16.6. The molecule has 0 bridgehead atoms. The Hall–Kier alpha value is -3.28. The first-order chi connectivity index (χ1) is 13.6. The Balaban J connectivity index is 1.54. The number of unbranched alkanes of at least 4 members (excludes halogenated alkanes) is 3. The van der Waals surface area contributed by atoms with Crippen molar-refractivity contribution in [3.63, 3.8) is 0 Å². The topological polar surface area (TPSA) is 86.7 Å². The number of carbonyl (C=O) groups is 4. The van der Waals surface area contributed by atoms with Gasteiger partial charge >= 0.3 is 23.9 Å². The molecule has 2 rings (SSSR count). The maximum absolute atomic E-state index is 11.7. The summed E-state index contributed by atoms with van der Waals surface area (Å²) in [4.78, 5) is 46.8. The van der Waals surface area contributed by atoms with Gasteiger partial charge in [0.05, 0.1) is 11.1 Å². The first-order valence-electron chi connectivity index (χ1n) is 9.16. The third kappa shape index (κ3) is 7.53. The fourth-order valence-electron chi connectivity index (χ4n) is 2.47. The van der Waals surface area contributed by atoms with Crippen LogP contribution in [0.1, 0.15) is 59.2 Å². The summed E-state index contributed by atoms with van der Waals surface area (Å²) in [7, 11) is 0. The van der Waals surface area contributed by atoms with Crippen LogP contribution in [-0.4, -0.2) is 23.9 Å². The molecule has 0 radical (unpaired) electrons. The molecule has 0 aliphatic carbocycles. The normalized spacial score (nSPS) is 10.1. The van der Waals surface area contributed by atoms with Crippen LogP contribution >= 0.6 is 0 Å². The molecule has 0 N–H and O–H groups in total. The maximum Gasteiger partial charge on any atom is 0.345 e. The van der Waals surface area contributed by atoms with Gasteiger partial charge in [-0.25, -0.2) is 9.59 Å². The van der Waals surface area contributed by atoms with Crippen molar-refractivity contribution < 1.29 is 28.7 Å². The van der Waals surface area contributed by atoms with Crippen molar-refractivity contribution in [1.29, 1.82) is 0 Å². The number of rotatable bonds is 9. The summed E-state index contributed by atoms with van der Waals surface area (Å²) < 4.78 is 9.56. The first kappa shape index (κ1) is 21.0. The van der Waals surface area contributed by atoms with Gasteiger partial charge in [-0.1, -0.05) is 49.2 Å². The number of hydrogen-bond acceptors (Lipinski definition) is 6. The van der Waals surface area contributed by atoms with Gasteiger partial charge in [0.1, 0.15) is 0 Å². The highest BCUT2D eigenvalue weighted by Crippen LogP contribution is 2.09. The van der Waals surface area contributed by atoms with Gasteiger partial charge in [0.2, 0.25) is 0 Å². The molecular formula is C22H22O6. The molecule has 6 heteroatoms. The van der Waals surface area contributed by atoms with Gasteiger partial charge in [-0.3, -0.25) is 9.59 Å². The van der Waals surface area contributed by atoms with Crippen LogP contribution in [0.25, 0.3) is 0 Å². The second-order valence-electron chi connectivity index (χ2n) is 6.17. The third-order valence-electron chi connectivity index (χ3n) is 3.94. The molecule has 0 aromatic heterocycles. The van der Waals surface area contributed by atoms with Crippen molar-refractivity contribution in [3.8, 4) is 0 Å². The van der Waals surface area contributed by atoms with Gasteiger partial charge in [0.15, 0.2) is 0 Å². The van der Waals surface area contributed by atoms with Crippen LogP contribution in [0.5, 0.6) is 0 Å². The molecule has 28 heavy (non-hydrogen) atoms. The van der Waals surface area contributed by atoms with Crippen LogP contribution in [0, 0.1) is 0 Å². The van der Waals surface area contributed by atoms with E-state index in [0.717, 1.165) is 0 Å². The van der Waals surface area contributed by atoms with Crippen molar-refractivity contribution in [2.75, 3.05) is 0 Å². The second-order valence-corrected chi connectivity index (χ2v) is 6.17. The zero-order valence-corrected chi connectivity index (χ0v) is 15.5. The Morgan fingerprint density at radius 3 is 1.25 bits per heavy atom. The van der Waals surface area contributed by atoms with E-state index in [4.69, 9.17) is 9.47 Å². The molecular weight excluding hydrogens is 360 g/mol. The lowest BCUT2D eigenvalue weighted by Crippen LogP contribution is -2.12. The largest absolute Gasteiger partial charge is 0.389 e. The predicted molar refractivity (Wildman–Crippen MR) is 101 cm³/mol. The SMILES string of the molecule is O=C(CCCCCCC(=O)OC(=O)c1ccccc1)OC(=O)c1ccccc1. The molecule has 0 spiro atoms. The second kappa shape index (κ2) is 11.4. The maximum atomic E-state index is 11.7. The van der Waals surface area contributed by atoms with Crippen LogP contribution in [0.15, 0.2) is 60.7 Å². The van der Waals surface area contributed by atoms with Crippen molar-refractivity contribution in [3.05, 3.63) is 71.8 Å². The van der Waals surface area contributed by atoms with E-state index in [9.17, 15) is 19.2 Å². The highest BCUT2D eigenvalue weighted by molar-refractivity contribution is 5.97. The number of carbonyl (C=O) groups excluding carboxylic acids is 4. The van der Waals surface area contributed by atoms with E-state index in [-0.39, 0.29) is 12.8 Å². The fourth-order valence-corrected chi connectivity index (χ4v) is 2.47. The molecule has 2 aromatic carbocycles. The van der Waals surface area contributed by atoms with Crippen LogP contribution in [0.3, 0.4) is 0 Å². The van der Waals surface area contributed by atoms with Crippen molar-refractivity contribution in [1.82, 2.24) is 0 Å². The standard InChI is InChI=1S/C22H22O6/c23-19(27-21(25)17-11-5-3-6-12-17)15-9-1-2-10-16-20(24)28-22(26)18-13-7-4-8-14-18/h3-8,11-14H,1-2,9-10,15-16H2. The van der Waals surface area contributed by atoms with Crippen LogP contribution in [0.2, 0.25) is 0 Å². The highest BCUT2D eigenvalue weighted by Gasteiger charge is 2.13. The molecule has 6 nitrogen and oxygen atoms in total. The summed E-state index contributed by atoms with van der Waals surface area (Å²) in [6.45, 7) is 0. The van der Waals surface area contributed by atoms with Gasteiger partial charge in [0, 0.05) is 12.8 Å². The van der Waals surface area contributed by atoms with E-state index in [1.807, 2.05) is 0 Å². The van der Waals surface area contributed by atoms with E-state index in [2.05, 4.69) is 0 Å². The molecule has 0 unspecified atom stereocenters. The van der Waals surface area contributed by atoms with Crippen LogP contribution in [0.4, 0.5) is 0 Å². The Kier molecular flexibility index (Phi) is 8.59. The van der Waals surface area contributed by atoms with E-state index < -0.39 is 23.9 Å². The molecule has 0 amide bonds.